The topological polar surface area (TPSA) is 38.7 Å². The van der Waals surface area contributed by atoms with Crippen LogP contribution in [-0.2, 0) is 38.5 Å². The van der Waals surface area contributed by atoms with E-state index in [0.717, 1.165) is 55.6 Å². The molecule has 0 fully saturated rings. The van der Waals surface area contributed by atoms with Crippen molar-refractivity contribution in [3.8, 4) is 0 Å². The Morgan fingerprint density at radius 1 is 0.424 bits per heavy atom. The van der Waals surface area contributed by atoms with Gasteiger partial charge in [0.15, 0.2) is 0 Å². The second kappa shape index (κ2) is 11.0. The predicted molar refractivity (Wildman–Crippen MR) is 136 cm³/mol. The fraction of sp³-hybridized carbons (Fsp3) is 0.300. The van der Waals surface area contributed by atoms with Crippen molar-refractivity contribution in [2.24, 2.45) is 0 Å². The van der Waals surface area contributed by atoms with E-state index in [4.69, 9.17) is 0 Å². The van der Waals surface area contributed by atoms with Gasteiger partial charge in [-0.05, 0) is 129 Å². The summed E-state index contributed by atoms with van der Waals surface area (Å²) in [6, 6.07) is 18.6. The average Bonchev–Trinajstić information content (AvgIpc) is 2.86. The molecule has 3 nitrogen and oxygen atoms in total. The highest BCUT2D eigenvalue weighted by molar-refractivity contribution is 5.51. The van der Waals surface area contributed by atoms with Crippen molar-refractivity contribution in [2.75, 3.05) is 0 Å². The first kappa shape index (κ1) is 22.8. The lowest BCUT2D eigenvalue weighted by atomic mass is 9.83. The standard InChI is InChI=1S/C30H33N3/c1-22-28(16-13-25-10-4-7-19-31-25)23(2)30(18-15-27-12-6-9-21-33-27)24(3)29(22)17-14-26-11-5-8-20-32-26/h4-12,19-21H,13-18H2,1-3H3. The predicted octanol–water partition coefficient (Wildman–Crippen LogP) is 6.15. The molecule has 3 heterocycles. The van der Waals surface area contributed by atoms with Crippen molar-refractivity contribution < 1.29 is 0 Å². The van der Waals surface area contributed by atoms with Gasteiger partial charge in [0, 0.05) is 35.7 Å². The first-order valence-electron chi connectivity index (χ1n) is 11.9. The van der Waals surface area contributed by atoms with Crippen LogP contribution >= 0.6 is 0 Å². The summed E-state index contributed by atoms with van der Waals surface area (Å²) in [5.41, 5.74) is 12.2. The summed E-state index contributed by atoms with van der Waals surface area (Å²) in [5.74, 6) is 0. The van der Waals surface area contributed by atoms with E-state index in [1.54, 1.807) is 0 Å². The van der Waals surface area contributed by atoms with Crippen LogP contribution in [0.4, 0.5) is 0 Å². The quantitative estimate of drug-likeness (QED) is 0.316. The maximum atomic E-state index is 4.55. The van der Waals surface area contributed by atoms with Gasteiger partial charge in [-0.3, -0.25) is 15.0 Å². The Balaban J connectivity index is 1.65. The molecular weight excluding hydrogens is 402 g/mol. The van der Waals surface area contributed by atoms with Gasteiger partial charge in [0.1, 0.15) is 0 Å². The number of hydrogen-bond acceptors (Lipinski definition) is 3. The maximum Gasteiger partial charge on any atom is 0.0406 e. The number of aromatic nitrogens is 3. The van der Waals surface area contributed by atoms with Gasteiger partial charge in [-0.2, -0.15) is 0 Å². The maximum absolute atomic E-state index is 4.55. The Labute approximate surface area is 198 Å². The molecule has 0 amide bonds. The van der Waals surface area contributed by atoms with Crippen molar-refractivity contribution in [3.63, 3.8) is 0 Å². The first-order valence-corrected chi connectivity index (χ1v) is 11.9. The molecule has 4 aromatic rings. The molecule has 0 radical (unpaired) electrons. The molecule has 0 spiro atoms. The van der Waals surface area contributed by atoms with Crippen molar-refractivity contribution in [3.05, 3.63) is 124 Å². The Bertz CT molecular complexity index is 997. The van der Waals surface area contributed by atoms with Crippen molar-refractivity contribution in [1.82, 2.24) is 15.0 Å². The largest absolute Gasteiger partial charge is 0.261 e. The first-order chi connectivity index (χ1) is 16.1. The molecule has 0 atom stereocenters. The van der Waals surface area contributed by atoms with Crippen LogP contribution in [0.15, 0.2) is 73.2 Å². The van der Waals surface area contributed by atoms with Gasteiger partial charge in [-0.25, -0.2) is 0 Å². The van der Waals surface area contributed by atoms with Gasteiger partial charge in [0.05, 0.1) is 0 Å². The molecule has 0 bridgehead atoms. The molecule has 0 N–H and O–H groups in total. The van der Waals surface area contributed by atoms with E-state index in [0.29, 0.717) is 0 Å². The van der Waals surface area contributed by atoms with Crippen molar-refractivity contribution in [2.45, 2.75) is 59.3 Å². The van der Waals surface area contributed by atoms with Gasteiger partial charge in [0.25, 0.3) is 0 Å². The monoisotopic (exact) mass is 435 g/mol. The van der Waals surface area contributed by atoms with Crippen LogP contribution in [0.25, 0.3) is 0 Å². The molecule has 4 rings (SSSR count). The van der Waals surface area contributed by atoms with Crippen LogP contribution in [0.3, 0.4) is 0 Å². The van der Waals surface area contributed by atoms with E-state index in [-0.39, 0.29) is 0 Å². The molecule has 3 heteroatoms. The SMILES string of the molecule is Cc1c(CCc2ccccn2)c(C)c(CCc2ccccn2)c(C)c1CCc1ccccn1. The average molecular weight is 436 g/mol. The van der Waals surface area contributed by atoms with Gasteiger partial charge >= 0.3 is 0 Å². The molecular formula is C30H33N3. The summed E-state index contributed by atoms with van der Waals surface area (Å²) in [5, 5.41) is 0. The normalized spacial score (nSPS) is 11.0. The van der Waals surface area contributed by atoms with E-state index in [1.807, 2.05) is 36.8 Å². The van der Waals surface area contributed by atoms with Gasteiger partial charge in [-0.15, -0.1) is 0 Å². The van der Waals surface area contributed by atoms with Crippen LogP contribution in [0.5, 0.6) is 0 Å². The Morgan fingerprint density at radius 2 is 0.727 bits per heavy atom. The van der Waals surface area contributed by atoms with Crippen LogP contribution in [0, 0.1) is 20.8 Å². The number of pyridine rings is 3. The lowest BCUT2D eigenvalue weighted by molar-refractivity contribution is 0.835. The van der Waals surface area contributed by atoms with E-state index >= 15 is 0 Å². The summed E-state index contributed by atoms with van der Waals surface area (Å²) in [6.45, 7) is 6.93. The van der Waals surface area contributed by atoms with E-state index in [1.165, 1.54) is 33.4 Å². The number of nitrogens with zero attached hydrogens (tertiary/aromatic N) is 3. The summed E-state index contributed by atoms with van der Waals surface area (Å²) >= 11 is 0. The Hall–Kier alpha value is -3.33. The van der Waals surface area contributed by atoms with E-state index < -0.39 is 0 Å². The Kier molecular flexibility index (Phi) is 7.62. The van der Waals surface area contributed by atoms with Crippen LogP contribution in [0.2, 0.25) is 0 Å². The fourth-order valence-corrected chi connectivity index (χ4v) is 4.91. The zero-order valence-corrected chi connectivity index (χ0v) is 20.0. The van der Waals surface area contributed by atoms with Crippen molar-refractivity contribution in [1.29, 1.82) is 0 Å². The third kappa shape index (κ3) is 5.73. The van der Waals surface area contributed by atoms with Crippen LogP contribution < -0.4 is 0 Å². The van der Waals surface area contributed by atoms with Crippen LogP contribution in [0.1, 0.15) is 50.5 Å². The molecule has 0 aliphatic rings. The second-order valence-corrected chi connectivity index (χ2v) is 8.77. The van der Waals surface area contributed by atoms with Gasteiger partial charge in [0.2, 0.25) is 0 Å². The molecule has 0 saturated carbocycles. The third-order valence-corrected chi connectivity index (χ3v) is 6.79. The second-order valence-electron chi connectivity index (χ2n) is 8.77. The molecule has 0 aliphatic carbocycles. The third-order valence-electron chi connectivity index (χ3n) is 6.79. The highest BCUT2D eigenvalue weighted by atomic mass is 14.7. The molecule has 33 heavy (non-hydrogen) atoms. The Morgan fingerprint density at radius 3 is 0.970 bits per heavy atom. The molecule has 0 aliphatic heterocycles. The zero-order chi connectivity index (χ0) is 23.0. The fourth-order valence-electron chi connectivity index (χ4n) is 4.91. The number of aryl methyl sites for hydroxylation is 3. The molecule has 0 unspecified atom stereocenters. The lowest BCUT2D eigenvalue weighted by Crippen LogP contribution is -2.11. The number of benzene rings is 1. The molecule has 3 aromatic heterocycles. The zero-order valence-electron chi connectivity index (χ0n) is 20.0. The van der Waals surface area contributed by atoms with Gasteiger partial charge in [-0.1, -0.05) is 18.2 Å². The van der Waals surface area contributed by atoms with E-state index in [9.17, 15) is 0 Å². The number of rotatable bonds is 9. The molecule has 0 saturated heterocycles. The minimum Gasteiger partial charge on any atom is -0.261 e. The molecule has 1 aromatic carbocycles. The van der Waals surface area contributed by atoms with E-state index in [2.05, 4.69) is 72.1 Å². The highest BCUT2D eigenvalue weighted by Crippen LogP contribution is 2.30. The minimum atomic E-state index is 0.963. The molecule has 168 valence electrons. The smallest absolute Gasteiger partial charge is 0.0406 e. The van der Waals surface area contributed by atoms with Crippen molar-refractivity contribution >= 4 is 0 Å². The minimum absolute atomic E-state index is 0.963. The van der Waals surface area contributed by atoms with Crippen LogP contribution in [-0.4, -0.2) is 15.0 Å². The summed E-state index contributed by atoms with van der Waals surface area (Å²) in [4.78, 5) is 13.7. The summed E-state index contributed by atoms with van der Waals surface area (Å²) < 4.78 is 0. The highest BCUT2D eigenvalue weighted by Gasteiger charge is 2.17. The summed E-state index contributed by atoms with van der Waals surface area (Å²) in [6.07, 6.45) is 11.6. The number of hydrogen-bond donors (Lipinski definition) is 0. The van der Waals surface area contributed by atoms with Gasteiger partial charge < -0.3 is 0 Å². The lowest BCUT2D eigenvalue weighted by Gasteiger charge is -2.23. The summed E-state index contributed by atoms with van der Waals surface area (Å²) in [7, 11) is 0.